The van der Waals surface area contributed by atoms with Crippen LogP contribution in [-0.2, 0) is 9.53 Å². The fourth-order valence-corrected chi connectivity index (χ4v) is 4.06. The maximum Gasteiger partial charge on any atom is 0.291 e. The highest BCUT2D eigenvalue weighted by molar-refractivity contribution is 8.02. The van der Waals surface area contributed by atoms with Gasteiger partial charge in [0.25, 0.3) is 11.8 Å². The number of carbonyl (C=O) groups excluding carboxylic acids is 2. The van der Waals surface area contributed by atoms with E-state index in [1.165, 1.54) is 32.1 Å². The summed E-state index contributed by atoms with van der Waals surface area (Å²) in [6.45, 7) is 2.45. The number of rotatable bonds is 4. The van der Waals surface area contributed by atoms with Crippen molar-refractivity contribution in [2.75, 3.05) is 17.7 Å². The third-order valence-electron chi connectivity index (χ3n) is 5.06. The number of aryl methyl sites for hydroxylation is 1. The Morgan fingerprint density at radius 2 is 1.81 bits per heavy atom. The average Bonchev–Trinajstić information content (AvgIpc) is 2.66. The minimum atomic E-state index is -0.275. The first-order chi connectivity index (χ1) is 13.1. The van der Waals surface area contributed by atoms with Crippen molar-refractivity contribution in [1.29, 1.82) is 0 Å². The first-order valence-electron chi connectivity index (χ1n) is 9.81. The molecule has 1 aromatic rings. The lowest BCUT2D eigenvalue weighted by molar-refractivity contribution is -0.116. The zero-order valence-corrected chi connectivity index (χ0v) is 16.7. The molecule has 2 aliphatic rings. The number of carbonyl (C=O) groups is 2. The lowest BCUT2D eigenvalue weighted by Gasteiger charge is -2.21. The fourth-order valence-electron chi connectivity index (χ4n) is 3.44. The molecule has 3 rings (SSSR count). The van der Waals surface area contributed by atoms with Crippen molar-refractivity contribution >= 4 is 29.3 Å². The summed E-state index contributed by atoms with van der Waals surface area (Å²) in [5.41, 5.74) is 2.13. The van der Waals surface area contributed by atoms with Crippen molar-refractivity contribution < 1.29 is 14.3 Å². The van der Waals surface area contributed by atoms with Crippen LogP contribution in [0.4, 0.5) is 5.69 Å². The Morgan fingerprint density at radius 3 is 2.52 bits per heavy atom. The van der Waals surface area contributed by atoms with Crippen molar-refractivity contribution in [3.05, 3.63) is 40.5 Å². The summed E-state index contributed by atoms with van der Waals surface area (Å²) in [6.07, 6.45) is 8.25. The topological polar surface area (TPSA) is 67.4 Å². The van der Waals surface area contributed by atoms with Crippen LogP contribution in [0, 0.1) is 6.92 Å². The molecule has 0 atom stereocenters. The molecule has 1 fully saturated rings. The van der Waals surface area contributed by atoms with Gasteiger partial charge < -0.3 is 15.4 Å². The molecule has 1 aliphatic heterocycles. The van der Waals surface area contributed by atoms with E-state index in [1.807, 2.05) is 19.1 Å². The Bertz CT molecular complexity index is 709. The first-order valence-corrected chi connectivity index (χ1v) is 10.9. The summed E-state index contributed by atoms with van der Waals surface area (Å²) in [6, 6.07) is 5.68. The van der Waals surface area contributed by atoms with Crippen LogP contribution >= 0.6 is 11.8 Å². The Kier molecular flexibility index (Phi) is 7.21. The second kappa shape index (κ2) is 9.83. The molecule has 2 amide bonds. The summed E-state index contributed by atoms with van der Waals surface area (Å²) >= 11 is 1.56. The fraction of sp³-hybridized carbons (Fsp3) is 0.524. The number of benzene rings is 1. The molecular weight excluding hydrogens is 360 g/mol. The molecule has 0 unspecified atom stereocenters. The number of thioether (sulfide) groups is 1. The van der Waals surface area contributed by atoms with Gasteiger partial charge in [0.05, 0.1) is 6.61 Å². The number of nitrogens with one attached hydrogen (secondary N) is 2. The first kappa shape index (κ1) is 19.8. The van der Waals surface area contributed by atoms with Crippen LogP contribution in [0.1, 0.15) is 60.9 Å². The molecule has 0 spiro atoms. The minimum absolute atomic E-state index is 0.0697. The van der Waals surface area contributed by atoms with Gasteiger partial charge in [0.1, 0.15) is 0 Å². The summed E-state index contributed by atoms with van der Waals surface area (Å²) in [5.74, 6) is 0.838. The van der Waals surface area contributed by atoms with Crippen molar-refractivity contribution in [2.24, 2.45) is 0 Å². The summed E-state index contributed by atoms with van der Waals surface area (Å²) in [5, 5.41) is 7.78. The van der Waals surface area contributed by atoms with E-state index in [0.717, 1.165) is 24.2 Å². The molecule has 0 saturated heterocycles. The summed E-state index contributed by atoms with van der Waals surface area (Å²) < 4.78 is 5.40. The highest BCUT2D eigenvalue weighted by atomic mass is 32.2. The van der Waals surface area contributed by atoms with Crippen molar-refractivity contribution in [2.45, 2.75) is 57.9 Å². The normalized spacial score (nSPS) is 18.5. The zero-order chi connectivity index (χ0) is 19.1. The van der Waals surface area contributed by atoms with E-state index in [9.17, 15) is 9.59 Å². The second-order valence-electron chi connectivity index (χ2n) is 7.20. The van der Waals surface area contributed by atoms with Gasteiger partial charge in [-0.3, -0.25) is 9.59 Å². The van der Waals surface area contributed by atoms with Gasteiger partial charge in [-0.25, -0.2) is 0 Å². The molecule has 2 N–H and O–H groups in total. The number of hydrogen-bond donors (Lipinski definition) is 2. The smallest absolute Gasteiger partial charge is 0.291 e. The third-order valence-corrected chi connectivity index (χ3v) is 5.84. The quantitative estimate of drug-likeness (QED) is 0.803. The van der Waals surface area contributed by atoms with E-state index in [1.54, 1.807) is 23.2 Å². The van der Waals surface area contributed by atoms with Crippen molar-refractivity contribution in [3.63, 3.8) is 0 Å². The molecule has 1 heterocycles. The van der Waals surface area contributed by atoms with Crippen LogP contribution in [0.2, 0.25) is 0 Å². The van der Waals surface area contributed by atoms with Gasteiger partial charge in [0, 0.05) is 28.5 Å². The zero-order valence-electron chi connectivity index (χ0n) is 15.9. The Morgan fingerprint density at radius 1 is 1.07 bits per heavy atom. The van der Waals surface area contributed by atoms with Crippen molar-refractivity contribution in [1.82, 2.24) is 5.32 Å². The van der Waals surface area contributed by atoms with Gasteiger partial charge in [0.15, 0.2) is 5.76 Å². The van der Waals surface area contributed by atoms with Gasteiger partial charge in [-0.05, 0) is 37.5 Å². The van der Waals surface area contributed by atoms with Crippen LogP contribution in [-0.4, -0.2) is 30.2 Å². The van der Waals surface area contributed by atoms with E-state index < -0.39 is 0 Å². The van der Waals surface area contributed by atoms with Crippen LogP contribution in [0.25, 0.3) is 0 Å². The molecule has 5 nitrogen and oxygen atoms in total. The van der Waals surface area contributed by atoms with E-state index in [4.69, 9.17) is 4.74 Å². The van der Waals surface area contributed by atoms with Gasteiger partial charge in [-0.2, -0.15) is 0 Å². The number of ether oxygens (including phenoxy) is 1. The predicted molar refractivity (Wildman–Crippen MR) is 110 cm³/mol. The Hall–Kier alpha value is -1.95. The molecule has 0 bridgehead atoms. The van der Waals surface area contributed by atoms with E-state index in [2.05, 4.69) is 10.6 Å². The molecule has 6 heteroatoms. The Balaban J connectivity index is 1.65. The Labute approximate surface area is 165 Å². The third kappa shape index (κ3) is 5.76. The standard InChI is InChI=1S/C21H28N2O3S/c1-15-9-10-16(20(24)22-17-7-5-3-2-4-6-8-17)13-18(15)23-21(25)19-14-27-12-11-26-19/h9-10,13-14,17H,2-8,11-12H2,1H3,(H,22,24)(H,23,25). The minimum Gasteiger partial charge on any atom is -0.487 e. The monoisotopic (exact) mass is 388 g/mol. The van der Waals surface area contributed by atoms with Crippen molar-refractivity contribution in [3.8, 4) is 0 Å². The number of anilines is 1. The number of amides is 2. The highest BCUT2D eigenvalue weighted by Gasteiger charge is 2.18. The lowest BCUT2D eigenvalue weighted by atomic mass is 9.96. The van der Waals surface area contributed by atoms with E-state index >= 15 is 0 Å². The predicted octanol–water partition coefficient (Wildman–Crippen LogP) is 4.38. The van der Waals surface area contributed by atoms with Crippen LogP contribution in [0.5, 0.6) is 0 Å². The highest BCUT2D eigenvalue weighted by Crippen LogP contribution is 2.22. The molecule has 27 heavy (non-hydrogen) atoms. The van der Waals surface area contributed by atoms with Gasteiger partial charge in [0.2, 0.25) is 0 Å². The maximum atomic E-state index is 12.7. The van der Waals surface area contributed by atoms with E-state index in [0.29, 0.717) is 23.6 Å². The second-order valence-corrected chi connectivity index (χ2v) is 8.18. The molecular formula is C21H28N2O3S. The SMILES string of the molecule is Cc1ccc(C(=O)NC2CCCCCCC2)cc1NC(=O)C1=CSCCO1. The molecule has 1 aliphatic carbocycles. The van der Waals surface area contributed by atoms with Crippen LogP contribution in [0.3, 0.4) is 0 Å². The van der Waals surface area contributed by atoms with Gasteiger partial charge in [-0.15, -0.1) is 11.8 Å². The van der Waals surface area contributed by atoms with Gasteiger partial charge in [-0.1, -0.05) is 38.2 Å². The summed E-state index contributed by atoms with van der Waals surface area (Å²) in [7, 11) is 0. The molecule has 1 saturated carbocycles. The lowest BCUT2D eigenvalue weighted by Crippen LogP contribution is -2.35. The number of hydrogen-bond acceptors (Lipinski definition) is 4. The van der Waals surface area contributed by atoms with E-state index in [-0.39, 0.29) is 17.9 Å². The maximum absolute atomic E-state index is 12.7. The van der Waals surface area contributed by atoms with Crippen LogP contribution in [0.15, 0.2) is 29.4 Å². The van der Waals surface area contributed by atoms with Crippen LogP contribution < -0.4 is 10.6 Å². The average molecular weight is 389 g/mol. The molecule has 0 radical (unpaired) electrons. The summed E-state index contributed by atoms with van der Waals surface area (Å²) in [4.78, 5) is 25.1. The largest absolute Gasteiger partial charge is 0.487 e. The van der Waals surface area contributed by atoms with Gasteiger partial charge >= 0.3 is 0 Å². The molecule has 146 valence electrons. The molecule has 0 aromatic heterocycles. The molecule has 1 aromatic carbocycles.